The molecule has 0 atom stereocenters. The Kier molecular flexibility index (Phi) is 8.26. The molecule has 0 aromatic rings. The van der Waals surface area contributed by atoms with Crippen molar-refractivity contribution < 1.29 is 12.6 Å². The summed E-state index contributed by atoms with van der Waals surface area (Å²) >= 11 is 30.3. The van der Waals surface area contributed by atoms with Crippen molar-refractivity contribution in [3.63, 3.8) is 0 Å². The monoisotopic (exact) mass is 337 g/mol. The van der Waals surface area contributed by atoms with E-state index < -0.39 is 18.2 Å². The van der Waals surface area contributed by atoms with Crippen molar-refractivity contribution in [2.45, 2.75) is 7.90 Å². The normalized spacial score (nSPS) is 13.6. The quantitative estimate of drug-likeness (QED) is 0.474. The van der Waals surface area contributed by atoms with E-state index in [0.29, 0.717) is 0 Å². The summed E-state index contributed by atoms with van der Waals surface area (Å²) in [6, 6.07) is 0. The van der Waals surface area contributed by atoms with Gasteiger partial charge in [-0.1, -0.05) is 69.6 Å². The number of halogens is 6. The zero-order valence-electron chi connectivity index (χ0n) is 5.40. The maximum absolute atomic E-state index is 10.8. The van der Waals surface area contributed by atoms with E-state index in [0.717, 1.165) is 0 Å². The molecule has 0 rings (SSSR count). The molecule has 0 aromatic heterocycles. The molecule has 0 aliphatic carbocycles. The molecule has 14 heavy (non-hydrogen) atoms. The van der Waals surface area contributed by atoms with Gasteiger partial charge in [-0.3, -0.25) is 0 Å². The molecule has 0 aromatic carbocycles. The second-order valence-electron chi connectivity index (χ2n) is 1.58. The number of rotatable bonds is 2. The third-order valence-corrected chi connectivity index (χ3v) is 2.60. The third-order valence-electron chi connectivity index (χ3n) is 0.445. The Morgan fingerprint density at radius 1 is 1.00 bits per heavy atom. The number of alkyl halides is 6. The van der Waals surface area contributed by atoms with E-state index >= 15 is 0 Å². The summed E-state index contributed by atoms with van der Waals surface area (Å²) in [7, 11) is -4.44. The van der Waals surface area contributed by atoms with Crippen LogP contribution in [0.1, 0.15) is 0 Å². The molecular formula is C2H2Cl6LiNO3S. The Bertz CT molecular complexity index is 246. The fourth-order valence-electron chi connectivity index (χ4n) is 0.287. The summed E-state index contributed by atoms with van der Waals surface area (Å²) in [6.07, 6.45) is 0. The molecule has 0 heterocycles. The summed E-state index contributed by atoms with van der Waals surface area (Å²) in [4.78, 5) is 0. The molecule has 12 heteroatoms. The van der Waals surface area contributed by atoms with Gasteiger partial charge in [-0.2, -0.15) is 8.42 Å². The molecule has 82 valence electrons. The van der Waals surface area contributed by atoms with Crippen molar-refractivity contribution in [2.75, 3.05) is 0 Å². The van der Waals surface area contributed by atoms with Crippen LogP contribution in [0.4, 0.5) is 0 Å². The number of hydrogen-bond acceptors (Lipinski definition) is 3. The van der Waals surface area contributed by atoms with Crippen LogP contribution in [0.15, 0.2) is 0 Å². The Morgan fingerprint density at radius 3 is 1.57 bits per heavy atom. The van der Waals surface area contributed by atoms with Crippen LogP contribution in [0, 0.1) is 0 Å². The van der Waals surface area contributed by atoms with Gasteiger partial charge in [-0.05, 0) is 0 Å². The topological polar surface area (TPSA) is 55.4 Å². The van der Waals surface area contributed by atoms with Crippen LogP contribution in [0.5, 0.6) is 0 Å². The first-order valence-electron chi connectivity index (χ1n) is 2.29. The van der Waals surface area contributed by atoms with Crippen molar-refractivity contribution in [1.82, 2.24) is 4.72 Å². The average molecular weight is 340 g/mol. The van der Waals surface area contributed by atoms with Crippen molar-refractivity contribution in [3.8, 4) is 0 Å². The zero-order valence-corrected chi connectivity index (χ0v) is 10.8. The summed E-state index contributed by atoms with van der Waals surface area (Å²) in [6.45, 7) is 0. The van der Waals surface area contributed by atoms with E-state index in [1.165, 1.54) is 4.72 Å². The van der Waals surface area contributed by atoms with Gasteiger partial charge in [0.1, 0.15) is 0 Å². The first-order valence-corrected chi connectivity index (χ1v) is 5.97. The van der Waals surface area contributed by atoms with Gasteiger partial charge in [0.15, 0.2) is 0 Å². The van der Waals surface area contributed by atoms with E-state index in [1.54, 1.807) is 0 Å². The molecule has 0 aliphatic rings. The molecule has 0 aliphatic heterocycles. The number of nitrogens with one attached hydrogen (secondary N) is 1. The second-order valence-corrected chi connectivity index (χ2v) is 7.32. The van der Waals surface area contributed by atoms with Crippen LogP contribution in [0.25, 0.3) is 0 Å². The van der Waals surface area contributed by atoms with E-state index in [9.17, 15) is 8.42 Å². The molecule has 0 radical (unpaired) electrons. The van der Waals surface area contributed by atoms with E-state index in [2.05, 4.69) is 4.18 Å². The van der Waals surface area contributed by atoms with Crippen LogP contribution >= 0.6 is 69.6 Å². The Balaban J connectivity index is 0. The summed E-state index contributed by atoms with van der Waals surface area (Å²) < 4.78 is 22.3. The predicted molar refractivity (Wildman–Crippen MR) is 60.9 cm³/mol. The number of hydrogen-bond donors (Lipinski definition) is 1. The first-order chi connectivity index (χ1) is 5.41. The molecule has 0 spiro atoms. The van der Waals surface area contributed by atoms with Gasteiger partial charge in [0.05, 0.1) is 0 Å². The summed E-state index contributed by atoms with van der Waals surface area (Å²) in [5.74, 6) is 0. The third kappa shape index (κ3) is 12.3. The molecule has 0 bridgehead atoms. The van der Waals surface area contributed by atoms with Crippen LogP contribution in [0.3, 0.4) is 0 Å². The molecule has 0 saturated heterocycles. The molecule has 0 fully saturated rings. The standard InChI is InChI=1S/C2HCl6NO3S.Li.H/c3-1(4,5)9-13(10,11)12-2(6,7)8;;/h9H;;. The summed E-state index contributed by atoms with van der Waals surface area (Å²) in [5.41, 5.74) is 0. The molecule has 4 nitrogen and oxygen atoms in total. The second kappa shape index (κ2) is 6.22. The van der Waals surface area contributed by atoms with Crippen molar-refractivity contribution in [2.24, 2.45) is 0 Å². The van der Waals surface area contributed by atoms with Crippen molar-refractivity contribution >= 4 is 98.8 Å². The minimum atomic E-state index is -4.44. The van der Waals surface area contributed by atoms with Gasteiger partial charge in [-0.15, -0.1) is 4.72 Å². The van der Waals surface area contributed by atoms with E-state index in [-0.39, 0.29) is 18.9 Å². The zero-order chi connectivity index (χ0) is 10.9. The van der Waals surface area contributed by atoms with Crippen LogP contribution in [0.2, 0.25) is 0 Å². The molecular weight excluding hydrogens is 338 g/mol. The van der Waals surface area contributed by atoms with E-state index in [4.69, 9.17) is 69.6 Å². The van der Waals surface area contributed by atoms with Crippen LogP contribution in [-0.2, 0) is 14.5 Å². The Hall–Kier alpha value is 2.21. The van der Waals surface area contributed by atoms with Gasteiger partial charge in [-0.25, -0.2) is 4.18 Å². The Morgan fingerprint density at radius 2 is 1.36 bits per heavy atom. The molecule has 0 saturated carbocycles. The van der Waals surface area contributed by atoms with Crippen LogP contribution in [-0.4, -0.2) is 35.2 Å². The van der Waals surface area contributed by atoms with Gasteiger partial charge < -0.3 is 0 Å². The Labute approximate surface area is 123 Å². The van der Waals surface area contributed by atoms with Crippen molar-refractivity contribution in [3.05, 3.63) is 0 Å². The maximum atomic E-state index is 10.8. The molecule has 0 unspecified atom stereocenters. The van der Waals surface area contributed by atoms with E-state index in [1.807, 2.05) is 0 Å². The van der Waals surface area contributed by atoms with Gasteiger partial charge in [0.2, 0.25) is 0 Å². The SMILES string of the molecule is O=S(=O)(NC(Cl)(Cl)Cl)OC(Cl)(Cl)Cl.[LiH]. The summed E-state index contributed by atoms with van der Waals surface area (Å²) in [5, 5.41) is 0. The predicted octanol–water partition coefficient (Wildman–Crippen LogP) is 1.84. The van der Waals surface area contributed by atoms with Gasteiger partial charge in [0, 0.05) is 0 Å². The van der Waals surface area contributed by atoms with Crippen LogP contribution < -0.4 is 4.72 Å². The average Bonchev–Trinajstić information content (AvgIpc) is 1.43. The molecule has 1 N–H and O–H groups in total. The molecule has 0 amide bonds. The minimum absolute atomic E-state index is 0. The van der Waals surface area contributed by atoms with Gasteiger partial charge in [0.25, 0.3) is 3.92 Å². The fraction of sp³-hybridized carbons (Fsp3) is 1.00. The van der Waals surface area contributed by atoms with Crippen molar-refractivity contribution in [1.29, 1.82) is 0 Å². The first kappa shape index (κ1) is 18.6. The fourth-order valence-corrected chi connectivity index (χ4v) is 2.46. The van der Waals surface area contributed by atoms with Gasteiger partial charge >= 0.3 is 33.1 Å².